The van der Waals surface area contributed by atoms with Gasteiger partial charge in [-0.25, -0.2) is 0 Å². The normalized spacial score (nSPS) is 12.5. The third-order valence-electron chi connectivity index (χ3n) is 1.66. The Morgan fingerprint density at radius 3 is 3.08 bits per heavy atom. The van der Waals surface area contributed by atoms with Crippen molar-refractivity contribution >= 4 is 5.97 Å². The summed E-state index contributed by atoms with van der Waals surface area (Å²) >= 11 is 0. The Labute approximate surface area is 76.7 Å². The molecular weight excluding hydrogens is 170 g/mol. The number of quaternary nitrogens is 1. The number of carbonyl (C=O) groups excluding carboxylic acids is 1. The van der Waals surface area contributed by atoms with E-state index in [0.717, 1.165) is 0 Å². The Morgan fingerprint density at radius 1 is 1.77 bits per heavy atom. The van der Waals surface area contributed by atoms with Crippen LogP contribution in [0, 0.1) is 0 Å². The second-order valence-corrected chi connectivity index (χ2v) is 2.72. The van der Waals surface area contributed by atoms with E-state index in [2.05, 4.69) is 5.73 Å². The third kappa shape index (κ3) is 2.91. The molecule has 0 aromatic carbocycles. The van der Waals surface area contributed by atoms with Gasteiger partial charge in [0.15, 0.2) is 11.8 Å². The van der Waals surface area contributed by atoms with Gasteiger partial charge in [-0.3, -0.25) is 4.79 Å². The lowest BCUT2D eigenvalue weighted by Gasteiger charge is -2.04. The van der Waals surface area contributed by atoms with Crippen molar-refractivity contribution in [3.63, 3.8) is 0 Å². The Bertz CT molecular complexity index is 256. The molecular formula is C9H14NO3+. The topological polar surface area (TPSA) is 67.1 Å². The number of esters is 1. The zero-order chi connectivity index (χ0) is 9.68. The molecule has 1 aromatic heterocycles. The highest BCUT2D eigenvalue weighted by Crippen LogP contribution is 2.12. The molecule has 1 aromatic rings. The van der Waals surface area contributed by atoms with Crippen molar-refractivity contribution in [2.45, 2.75) is 19.4 Å². The second-order valence-electron chi connectivity index (χ2n) is 2.72. The van der Waals surface area contributed by atoms with Crippen molar-refractivity contribution in [2.75, 3.05) is 6.61 Å². The quantitative estimate of drug-likeness (QED) is 0.693. The minimum Gasteiger partial charge on any atom is -0.466 e. The van der Waals surface area contributed by atoms with Crippen LogP contribution in [0.5, 0.6) is 0 Å². The van der Waals surface area contributed by atoms with Gasteiger partial charge in [-0.05, 0) is 19.1 Å². The summed E-state index contributed by atoms with van der Waals surface area (Å²) in [6.07, 6.45) is 1.83. The van der Waals surface area contributed by atoms with Crippen LogP contribution in [0.2, 0.25) is 0 Å². The van der Waals surface area contributed by atoms with Crippen LogP contribution in [0.15, 0.2) is 22.8 Å². The third-order valence-corrected chi connectivity index (χ3v) is 1.66. The molecule has 4 heteroatoms. The standard InChI is InChI=1S/C9H13NO3/c1-2-12-9(11)6-7(10)8-4-3-5-13-8/h3-5,7H,2,6,10H2,1H3/p+1/t7-/m1/s1. The molecule has 72 valence electrons. The molecule has 0 aliphatic heterocycles. The first-order valence-corrected chi connectivity index (χ1v) is 4.26. The van der Waals surface area contributed by atoms with Crippen LogP contribution in [0.4, 0.5) is 0 Å². The van der Waals surface area contributed by atoms with E-state index in [1.807, 2.05) is 0 Å². The lowest BCUT2D eigenvalue weighted by Crippen LogP contribution is -2.54. The van der Waals surface area contributed by atoms with Gasteiger partial charge in [0.25, 0.3) is 0 Å². The van der Waals surface area contributed by atoms with E-state index in [1.54, 1.807) is 25.3 Å². The first-order valence-electron chi connectivity index (χ1n) is 4.26. The molecule has 0 aliphatic rings. The highest BCUT2D eigenvalue weighted by molar-refractivity contribution is 5.69. The lowest BCUT2D eigenvalue weighted by atomic mass is 10.2. The highest BCUT2D eigenvalue weighted by atomic mass is 16.5. The summed E-state index contributed by atoms with van der Waals surface area (Å²) in [4.78, 5) is 11.0. The maximum atomic E-state index is 11.0. The van der Waals surface area contributed by atoms with Crippen molar-refractivity contribution in [1.29, 1.82) is 0 Å². The predicted octanol–water partition coefficient (Wildman–Crippen LogP) is 0.516. The van der Waals surface area contributed by atoms with Gasteiger partial charge < -0.3 is 14.9 Å². The number of rotatable bonds is 4. The summed E-state index contributed by atoms with van der Waals surface area (Å²) in [5, 5.41) is 0. The van der Waals surface area contributed by atoms with E-state index in [1.165, 1.54) is 0 Å². The molecule has 0 fully saturated rings. The molecule has 4 nitrogen and oxygen atoms in total. The number of carbonyl (C=O) groups is 1. The van der Waals surface area contributed by atoms with Crippen LogP contribution < -0.4 is 5.73 Å². The zero-order valence-electron chi connectivity index (χ0n) is 7.66. The fourth-order valence-corrected chi connectivity index (χ4v) is 1.05. The molecule has 0 spiro atoms. The average molecular weight is 184 g/mol. The van der Waals surface area contributed by atoms with Crippen LogP contribution >= 0.6 is 0 Å². The van der Waals surface area contributed by atoms with Crippen molar-refractivity contribution in [3.05, 3.63) is 24.2 Å². The molecule has 0 amide bonds. The summed E-state index contributed by atoms with van der Waals surface area (Å²) < 4.78 is 9.89. The predicted molar refractivity (Wildman–Crippen MR) is 45.6 cm³/mol. The molecule has 13 heavy (non-hydrogen) atoms. The van der Waals surface area contributed by atoms with Crippen molar-refractivity contribution < 1.29 is 19.7 Å². The first-order chi connectivity index (χ1) is 6.24. The average Bonchev–Trinajstić information content (AvgIpc) is 2.55. The van der Waals surface area contributed by atoms with E-state index in [4.69, 9.17) is 9.15 Å². The van der Waals surface area contributed by atoms with Crippen LogP contribution in [0.3, 0.4) is 0 Å². The number of furan rings is 1. The van der Waals surface area contributed by atoms with Gasteiger partial charge >= 0.3 is 5.97 Å². The maximum absolute atomic E-state index is 11.0. The fraction of sp³-hybridized carbons (Fsp3) is 0.444. The van der Waals surface area contributed by atoms with Crippen molar-refractivity contribution in [2.24, 2.45) is 0 Å². The van der Waals surface area contributed by atoms with Crippen LogP contribution in [-0.2, 0) is 9.53 Å². The van der Waals surface area contributed by atoms with E-state index >= 15 is 0 Å². The van der Waals surface area contributed by atoms with Gasteiger partial charge in [-0.2, -0.15) is 0 Å². The van der Waals surface area contributed by atoms with Gasteiger partial charge in [0.05, 0.1) is 12.9 Å². The second kappa shape index (κ2) is 4.67. The fourth-order valence-electron chi connectivity index (χ4n) is 1.05. The summed E-state index contributed by atoms with van der Waals surface area (Å²) in [6.45, 7) is 2.19. The van der Waals surface area contributed by atoms with Crippen molar-refractivity contribution in [1.82, 2.24) is 0 Å². The van der Waals surface area contributed by atoms with E-state index in [0.29, 0.717) is 12.4 Å². The zero-order valence-corrected chi connectivity index (χ0v) is 7.66. The largest absolute Gasteiger partial charge is 0.466 e. The Kier molecular flexibility index (Phi) is 3.52. The first kappa shape index (κ1) is 9.80. The summed E-state index contributed by atoms with van der Waals surface area (Å²) in [7, 11) is 0. The minimum absolute atomic E-state index is 0.158. The summed E-state index contributed by atoms with van der Waals surface area (Å²) in [6, 6.07) is 3.42. The summed E-state index contributed by atoms with van der Waals surface area (Å²) in [5.41, 5.74) is 3.81. The van der Waals surface area contributed by atoms with Gasteiger partial charge in [0.1, 0.15) is 6.42 Å². The molecule has 1 rings (SSSR count). The van der Waals surface area contributed by atoms with E-state index < -0.39 is 0 Å². The SMILES string of the molecule is CCOC(=O)C[C@@H]([NH3+])c1ccco1. The number of hydrogen-bond acceptors (Lipinski definition) is 3. The van der Waals surface area contributed by atoms with E-state index in [9.17, 15) is 4.79 Å². The molecule has 1 atom stereocenters. The summed E-state index contributed by atoms with van der Waals surface area (Å²) in [5.74, 6) is 0.479. The highest BCUT2D eigenvalue weighted by Gasteiger charge is 2.17. The molecule has 0 radical (unpaired) electrons. The monoisotopic (exact) mass is 184 g/mol. The molecule has 3 N–H and O–H groups in total. The Morgan fingerprint density at radius 2 is 2.54 bits per heavy atom. The van der Waals surface area contributed by atoms with Crippen molar-refractivity contribution in [3.8, 4) is 0 Å². The minimum atomic E-state index is -0.237. The molecule has 0 saturated carbocycles. The molecule has 1 heterocycles. The molecule has 0 bridgehead atoms. The molecule has 0 aliphatic carbocycles. The van der Waals surface area contributed by atoms with Crippen LogP contribution in [0.1, 0.15) is 25.1 Å². The Hall–Kier alpha value is -1.29. The van der Waals surface area contributed by atoms with Gasteiger partial charge in [-0.1, -0.05) is 0 Å². The van der Waals surface area contributed by atoms with Gasteiger partial charge in [0, 0.05) is 0 Å². The molecule has 0 saturated heterocycles. The Balaban J connectivity index is 2.42. The number of ether oxygens (including phenoxy) is 1. The number of hydrogen-bond donors (Lipinski definition) is 1. The maximum Gasteiger partial charge on any atom is 0.312 e. The smallest absolute Gasteiger partial charge is 0.312 e. The van der Waals surface area contributed by atoms with Gasteiger partial charge in [0.2, 0.25) is 0 Å². The van der Waals surface area contributed by atoms with E-state index in [-0.39, 0.29) is 18.4 Å². The van der Waals surface area contributed by atoms with Crippen LogP contribution in [-0.4, -0.2) is 12.6 Å². The van der Waals surface area contributed by atoms with Gasteiger partial charge in [-0.15, -0.1) is 0 Å². The molecule has 0 unspecified atom stereocenters. The lowest BCUT2D eigenvalue weighted by molar-refractivity contribution is -0.429. The van der Waals surface area contributed by atoms with Crippen LogP contribution in [0.25, 0.3) is 0 Å².